The van der Waals surface area contributed by atoms with Gasteiger partial charge < -0.3 is 10.1 Å². The minimum Gasteiger partial charge on any atom is -0.455 e. The monoisotopic (exact) mass is 414 g/mol. The molecule has 0 radical (unpaired) electrons. The molecule has 0 spiro atoms. The van der Waals surface area contributed by atoms with Gasteiger partial charge in [0.1, 0.15) is 0 Å². The van der Waals surface area contributed by atoms with E-state index >= 15 is 0 Å². The number of carbonyl (C=O) groups is 3. The lowest BCUT2D eigenvalue weighted by Gasteiger charge is -2.58. The predicted molar refractivity (Wildman–Crippen MR) is 96.2 cm³/mol. The number of imide groups is 1. The second-order valence-electron chi connectivity index (χ2n) is 8.30. The van der Waals surface area contributed by atoms with Gasteiger partial charge in [-0.3, -0.25) is 14.9 Å². The van der Waals surface area contributed by atoms with Crippen molar-refractivity contribution < 1.29 is 19.1 Å². The van der Waals surface area contributed by atoms with Crippen LogP contribution in [-0.2, 0) is 14.3 Å². The van der Waals surface area contributed by atoms with E-state index in [0.29, 0.717) is 11.8 Å². The Hall–Kier alpha value is -1.11. The number of rotatable bonds is 5. The Morgan fingerprint density at radius 3 is 2.40 bits per heavy atom. The number of esters is 1. The highest BCUT2D eigenvalue weighted by atomic mass is 79.9. The summed E-state index contributed by atoms with van der Waals surface area (Å²) in [5.74, 6) is 0.280. The van der Waals surface area contributed by atoms with Gasteiger partial charge in [-0.2, -0.15) is 0 Å². The summed E-state index contributed by atoms with van der Waals surface area (Å²) in [6, 6.07) is -0.567. The average Bonchev–Trinajstić information content (AvgIpc) is 2.49. The lowest BCUT2D eigenvalue weighted by Crippen LogP contribution is -2.56. The van der Waals surface area contributed by atoms with Crippen molar-refractivity contribution in [3.63, 3.8) is 0 Å². The Morgan fingerprint density at radius 2 is 1.84 bits per heavy atom. The van der Waals surface area contributed by atoms with Crippen molar-refractivity contribution in [3.8, 4) is 0 Å². The molecule has 0 aromatic heterocycles. The summed E-state index contributed by atoms with van der Waals surface area (Å²) >= 11 is 3.86. The molecule has 0 heterocycles. The standard InChI is InChI=1S/C18H27BrN2O4/c1-3-11(2)20-16(24)21-14(22)9-25-15(23)17-5-12-4-13(6-17)8-18(19,7-12)10-17/h11-13H,3-10H2,1-2H3,(H2,20,21,22,24)/t11-,12-,13-,17?,18?/m0/s1. The molecule has 0 unspecified atom stereocenters. The van der Waals surface area contributed by atoms with Gasteiger partial charge in [0.2, 0.25) is 0 Å². The molecule has 4 aliphatic rings. The second kappa shape index (κ2) is 6.89. The molecule has 0 aromatic carbocycles. The molecule has 25 heavy (non-hydrogen) atoms. The van der Waals surface area contributed by atoms with Crippen molar-refractivity contribution in [2.45, 2.75) is 69.2 Å². The highest BCUT2D eigenvalue weighted by molar-refractivity contribution is 9.10. The van der Waals surface area contributed by atoms with E-state index in [0.717, 1.165) is 38.5 Å². The predicted octanol–water partition coefficient (Wildman–Crippen LogP) is 2.89. The maximum absolute atomic E-state index is 12.7. The molecule has 7 heteroatoms. The van der Waals surface area contributed by atoms with Gasteiger partial charge >= 0.3 is 12.0 Å². The molecule has 4 rings (SSSR count). The zero-order chi connectivity index (χ0) is 18.2. The van der Waals surface area contributed by atoms with Crippen LogP contribution in [0.1, 0.15) is 58.8 Å². The molecule has 0 aromatic rings. The van der Waals surface area contributed by atoms with Gasteiger partial charge in [0.05, 0.1) is 5.41 Å². The molecule has 0 aliphatic heterocycles. The third kappa shape index (κ3) is 4.01. The molecular weight excluding hydrogens is 388 g/mol. The maximum atomic E-state index is 12.7. The summed E-state index contributed by atoms with van der Waals surface area (Å²) in [6.07, 6.45) is 6.78. The van der Waals surface area contributed by atoms with E-state index in [1.54, 1.807) is 0 Å². The highest BCUT2D eigenvalue weighted by Gasteiger charge is 2.60. The first-order valence-corrected chi connectivity index (χ1v) is 9.99. The van der Waals surface area contributed by atoms with Crippen molar-refractivity contribution in [2.75, 3.05) is 6.61 Å². The third-order valence-corrected chi connectivity index (χ3v) is 6.93. The second-order valence-corrected chi connectivity index (χ2v) is 9.98. The van der Waals surface area contributed by atoms with E-state index in [-0.39, 0.29) is 16.3 Å². The Labute approximate surface area is 156 Å². The van der Waals surface area contributed by atoms with Crippen LogP contribution in [0.25, 0.3) is 0 Å². The van der Waals surface area contributed by atoms with Crippen molar-refractivity contribution in [1.82, 2.24) is 10.6 Å². The fourth-order valence-electron chi connectivity index (χ4n) is 5.20. The number of urea groups is 1. The molecule has 140 valence electrons. The normalized spacial score (nSPS) is 36.6. The van der Waals surface area contributed by atoms with Crippen LogP contribution in [0.2, 0.25) is 0 Å². The van der Waals surface area contributed by atoms with Gasteiger partial charge in [-0.05, 0) is 63.7 Å². The molecular formula is C18H27BrN2O4. The topological polar surface area (TPSA) is 84.5 Å². The summed E-state index contributed by atoms with van der Waals surface area (Å²) in [4.78, 5) is 36.2. The minimum absolute atomic E-state index is 0.0162. The van der Waals surface area contributed by atoms with Crippen LogP contribution in [-0.4, -0.2) is 34.9 Å². The largest absolute Gasteiger partial charge is 0.455 e. The van der Waals surface area contributed by atoms with E-state index in [9.17, 15) is 14.4 Å². The number of amides is 3. The number of ether oxygens (including phenoxy) is 1. The molecule has 6 nitrogen and oxygen atoms in total. The van der Waals surface area contributed by atoms with Crippen LogP contribution in [0, 0.1) is 17.3 Å². The number of alkyl halides is 1. The third-order valence-electron chi connectivity index (χ3n) is 6.00. The zero-order valence-electron chi connectivity index (χ0n) is 14.9. The Bertz CT molecular complexity index is 565. The van der Waals surface area contributed by atoms with Crippen LogP contribution < -0.4 is 10.6 Å². The van der Waals surface area contributed by atoms with E-state index in [1.807, 2.05) is 13.8 Å². The number of halogens is 1. The molecule has 3 atom stereocenters. The molecule has 2 N–H and O–H groups in total. The van der Waals surface area contributed by atoms with Crippen LogP contribution in [0.15, 0.2) is 0 Å². The number of nitrogens with one attached hydrogen (secondary N) is 2. The number of carbonyl (C=O) groups excluding carboxylic acids is 3. The quantitative estimate of drug-likeness (QED) is 0.534. The first-order chi connectivity index (χ1) is 11.7. The molecule has 4 aliphatic carbocycles. The fourth-order valence-corrected chi connectivity index (χ4v) is 6.65. The van der Waals surface area contributed by atoms with Crippen LogP contribution in [0.5, 0.6) is 0 Å². The van der Waals surface area contributed by atoms with Gasteiger partial charge in [0, 0.05) is 10.4 Å². The van der Waals surface area contributed by atoms with Crippen molar-refractivity contribution >= 4 is 33.8 Å². The molecule has 4 bridgehead atoms. The van der Waals surface area contributed by atoms with Gasteiger partial charge in [-0.25, -0.2) is 4.79 Å². The van der Waals surface area contributed by atoms with E-state index in [1.165, 1.54) is 6.42 Å². The lowest BCUT2D eigenvalue weighted by molar-refractivity contribution is -0.171. The van der Waals surface area contributed by atoms with Gasteiger partial charge in [-0.1, -0.05) is 22.9 Å². The number of hydrogen-bond donors (Lipinski definition) is 2. The highest BCUT2D eigenvalue weighted by Crippen LogP contribution is 2.64. The Morgan fingerprint density at radius 1 is 1.20 bits per heavy atom. The maximum Gasteiger partial charge on any atom is 0.321 e. The zero-order valence-corrected chi connectivity index (χ0v) is 16.5. The molecule has 4 fully saturated rings. The Balaban J connectivity index is 1.51. The summed E-state index contributed by atoms with van der Waals surface area (Å²) in [7, 11) is 0. The summed E-state index contributed by atoms with van der Waals surface area (Å²) < 4.78 is 5.38. The van der Waals surface area contributed by atoms with E-state index in [2.05, 4.69) is 26.6 Å². The van der Waals surface area contributed by atoms with Gasteiger partial charge in [0.25, 0.3) is 5.91 Å². The molecule has 3 amide bonds. The summed E-state index contributed by atoms with van der Waals surface area (Å²) in [5.41, 5.74) is -0.452. The van der Waals surface area contributed by atoms with Crippen LogP contribution >= 0.6 is 15.9 Å². The smallest absolute Gasteiger partial charge is 0.321 e. The van der Waals surface area contributed by atoms with Crippen molar-refractivity contribution in [2.24, 2.45) is 17.3 Å². The first kappa shape index (κ1) is 18.7. The van der Waals surface area contributed by atoms with Crippen LogP contribution in [0.3, 0.4) is 0 Å². The molecule has 4 saturated carbocycles. The first-order valence-electron chi connectivity index (χ1n) is 9.20. The minimum atomic E-state index is -0.590. The lowest BCUT2D eigenvalue weighted by atomic mass is 9.49. The van der Waals surface area contributed by atoms with Gasteiger partial charge in [-0.15, -0.1) is 0 Å². The van der Waals surface area contributed by atoms with E-state index < -0.39 is 24.0 Å². The summed E-state index contributed by atoms with van der Waals surface area (Å²) in [6.45, 7) is 3.39. The number of hydrogen-bond acceptors (Lipinski definition) is 4. The van der Waals surface area contributed by atoms with Gasteiger partial charge in [0.15, 0.2) is 6.61 Å². The van der Waals surface area contributed by atoms with Crippen LogP contribution in [0.4, 0.5) is 4.79 Å². The van der Waals surface area contributed by atoms with Crippen molar-refractivity contribution in [1.29, 1.82) is 0 Å². The fraction of sp³-hybridized carbons (Fsp3) is 0.833. The van der Waals surface area contributed by atoms with E-state index in [4.69, 9.17) is 4.74 Å². The average molecular weight is 415 g/mol. The Kier molecular flexibility index (Phi) is 5.15. The van der Waals surface area contributed by atoms with Crippen molar-refractivity contribution in [3.05, 3.63) is 0 Å². The molecule has 0 saturated heterocycles. The summed E-state index contributed by atoms with van der Waals surface area (Å²) in [5, 5.41) is 4.85. The SMILES string of the molecule is CC[C@H](C)NC(=O)NC(=O)COC(=O)C12C[C@@H]3C[C@H](CC(Br)(C3)C1)C2.